The predicted octanol–water partition coefficient (Wildman–Crippen LogP) is 18.0. The van der Waals surface area contributed by atoms with E-state index in [0.717, 1.165) is 88.2 Å². The molecule has 0 radical (unpaired) electrons. The van der Waals surface area contributed by atoms with Gasteiger partial charge in [-0.2, -0.15) is 0 Å². The molecule has 4 aromatic heterocycles. The molecule has 0 amide bonds. The summed E-state index contributed by atoms with van der Waals surface area (Å²) in [6.45, 7) is 0. The monoisotopic (exact) mass is 912 g/mol. The quantitative estimate of drug-likeness (QED) is 0.128. The van der Waals surface area contributed by atoms with E-state index in [9.17, 15) is 0 Å². The predicted molar refractivity (Wildman–Crippen MR) is 302 cm³/mol. The molecule has 332 valence electrons. The Labute approximate surface area is 414 Å². The summed E-state index contributed by atoms with van der Waals surface area (Å²) in [5.74, 6) is 0. The highest BCUT2D eigenvalue weighted by atomic mass is 14.8. The van der Waals surface area contributed by atoms with Crippen LogP contribution in [0.4, 0.5) is 0 Å². The fourth-order valence-corrected chi connectivity index (χ4v) is 11.4. The fourth-order valence-electron chi connectivity index (χ4n) is 11.4. The van der Waals surface area contributed by atoms with Gasteiger partial charge in [0.25, 0.3) is 0 Å². The molecule has 15 rings (SSSR count). The molecule has 11 aromatic carbocycles. The zero-order chi connectivity index (χ0) is 47.3. The molecule has 72 heavy (non-hydrogen) atoms. The molecule has 0 N–H and O–H groups in total. The number of hydrogen-bond donors (Lipinski definition) is 0. The molecule has 0 spiro atoms. The molecule has 0 saturated carbocycles. The normalized spacial score (nSPS) is 11.9. The van der Waals surface area contributed by atoms with Crippen molar-refractivity contribution in [3.8, 4) is 56.0 Å². The summed E-state index contributed by atoms with van der Waals surface area (Å²) in [6.07, 6.45) is 1.86. The fraction of sp³-hybridized carbons (Fsp3) is 0. The Hall–Kier alpha value is -9.64. The minimum absolute atomic E-state index is 0.835. The first-order valence-electron chi connectivity index (χ1n) is 24.5. The van der Waals surface area contributed by atoms with Crippen LogP contribution in [0.5, 0.6) is 0 Å². The lowest BCUT2D eigenvalue weighted by Crippen LogP contribution is -1.95. The van der Waals surface area contributed by atoms with Crippen LogP contribution < -0.4 is 0 Å². The van der Waals surface area contributed by atoms with Gasteiger partial charge in [0.05, 0.1) is 39.1 Å². The highest BCUT2D eigenvalue weighted by molar-refractivity contribution is 6.24. The largest absolute Gasteiger partial charge is 0.254 e. The van der Waals surface area contributed by atoms with Crippen LogP contribution in [0.15, 0.2) is 243 Å². The summed E-state index contributed by atoms with van der Waals surface area (Å²) in [5.41, 5.74) is 14.3. The maximum atomic E-state index is 5.56. The molecule has 0 aliphatic carbocycles. The maximum Gasteiger partial charge on any atom is 0.0994 e. The van der Waals surface area contributed by atoms with Crippen LogP contribution in [0.2, 0.25) is 0 Å². The van der Waals surface area contributed by atoms with Crippen LogP contribution in [0.25, 0.3) is 153 Å². The number of pyridine rings is 4. The first-order valence-corrected chi connectivity index (χ1v) is 24.5. The van der Waals surface area contributed by atoms with Gasteiger partial charge in [-0.05, 0) is 131 Å². The molecule has 4 nitrogen and oxygen atoms in total. The van der Waals surface area contributed by atoms with Gasteiger partial charge in [0, 0.05) is 49.8 Å². The van der Waals surface area contributed by atoms with Crippen molar-refractivity contribution in [1.29, 1.82) is 0 Å². The van der Waals surface area contributed by atoms with Crippen LogP contribution >= 0.6 is 0 Å². The van der Waals surface area contributed by atoms with E-state index in [2.05, 4.69) is 224 Å². The van der Waals surface area contributed by atoms with E-state index in [4.69, 9.17) is 19.9 Å². The number of benzene rings is 11. The van der Waals surface area contributed by atoms with Crippen molar-refractivity contribution in [1.82, 2.24) is 19.9 Å². The van der Waals surface area contributed by atoms with Crippen molar-refractivity contribution >= 4 is 97.5 Å². The third-order valence-electron chi connectivity index (χ3n) is 14.8. The van der Waals surface area contributed by atoms with Gasteiger partial charge in [-0.15, -0.1) is 0 Å². The van der Waals surface area contributed by atoms with E-state index in [1.165, 1.54) is 65.3 Å². The second-order valence-electron chi connectivity index (χ2n) is 18.9. The standard InChI is InChI=1S/C68H40N4/c1-2-15-43(16-3-1)60-34-31-56-55-23-12-36-69-67(55)68-57(66(56)71-60)32-35-62(72-68)58-40-49-29-33-61(70-65(49)54-22-11-8-19-50(54)58)46-28-30-53-59(39-46)64(48-27-25-42-14-5-7-18-45(42)38-48)52-21-10-9-20-51(52)63(53)47-26-24-41-13-4-6-17-44(41)37-47/h1-40H. The number of hydrogen-bond acceptors (Lipinski definition) is 4. The van der Waals surface area contributed by atoms with Crippen LogP contribution in [0.1, 0.15) is 0 Å². The number of aromatic nitrogens is 4. The summed E-state index contributed by atoms with van der Waals surface area (Å²) in [7, 11) is 0. The highest BCUT2D eigenvalue weighted by Gasteiger charge is 2.21. The molecule has 0 aliphatic heterocycles. The molecule has 0 saturated heterocycles. The number of nitrogens with zero attached hydrogens (tertiary/aromatic N) is 4. The van der Waals surface area contributed by atoms with Gasteiger partial charge in [-0.1, -0.05) is 176 Å². The van der Waals surface area contributed by atoms with Crippen molar-refractivity contribution in [2.24, 2.45) is 0 Å². The van der Waals surface area contributed by atoms with Crippen molar-refractivity contribution < 1.29 is 0 Å². The minimum Gasteiger partial charge on any atom is -0.254 e. The third-order valence-corrected chi connectivity index (χ3v) is 14.8. The Balaban J connectivity index is 0.920. The van der Waals surface area contributed by atoms with Gasteiger partial charge in [0.2, 0.25) is 0 Å². The van der Waals surface area contributed by atoms with Crippen molar-refractivity contribution in [2.75, 3.05) is 0 Å². The van der Waals surface area contributed by atoms with E-state index in [0.29, 0.717) is 0 Å². The van der Waals surface area contributed by atoms with Gasteiger partial charge in [0.15, 0.2) is 0 Å². The van der Waals surface area contributed by atoms with Crippen LogP contribution in [0.3, 0.4) is 0 Å². The lowest BCUT2D eigenvalue weighted by molar-refractivity contribution is 1.36. The molecule has 0 unspecified atom stereocenters. The second kappa shape index (κ2) is 16.0. The molecule has 4 heterocycles. The van der Waals surface area contributed by atoms with Crippen molar-refractivity contribution in [2.45, 2.75) is 0 Å². The zero-order valence-electron chi connectivity index (χ0n) is 38.9. The zero-order valence-corrected chi connectivity index (χ0v) is 38.9. The van der Waals surface area contributed by atoms with E-state index in [1.54, 1.807) is 0 Å². The molecular formula is C68H40N4. The van der Waals surface area contributed by atoms with Gasteiger partial charge in [-0.3, -0.25) is 4.98 Å². The highest BCUT2D eigenvalue weighted by Crippen LogP contribution is 2.46. The Morgan fingerprint density at radius 3 is 1.46 bits per heavy atom. The van der Waals surface area contributed by atoms with Crippen LogP contribution in [-0.2, 0) is 0 Å². The maximum absolute atomic E-state index is 5.56. The first-order chi connectivity index (χ1) is 35.7. The summed E-state index contributed by atoms with van der Waals surface area (Å²) >= 11 is 0. The lowest BCUT2D eigenvalue weighted by Gasteiger charge is -2.19. The smallest absolute Gasteiger partial charge is 0.0994 e. The summed E-state index contributed by atoms with van der Waals surface area (Å²) in [6, 6.07) is 85.2. The average molecular weight is 913 g/mol. The topological polar surface area (TPSA) is 51.6 Å². The van der Waals surface area contributed by atoms with Crippen molar-refractivity contribution in [3.05, 3.63) is 243 Å². The first kappa shape index (κ1) is 40.3. The SMILES string of the molecule is c1ccc(-c2ccc3c4cccnc4c4nc(-c5cc6ccc(-c7ccc8c(-c9ccc%10ccccc%10c9)c9ccccc9c(-c9ccc%10ccccc%10c9)c8c7)nc6c6ccccc56)ccc4c3n2)cc1. The number of rotatable bonds is 5. The number of fused-ring (bicyclic) bond motifs is 13. The molecule has 0 aliphatic rings. The molecule has 0 atom stereocenters. The van der Waals surface area contributed by atoms with E-state index in [-0.39, 0.29) is 0 Å². The molecule has 0 fully saturated rings. The van der Waals surface area contributed by atoms with E-state index in [1.807, 2.05) is 18.3 Å². The Bertz CT molecular complexity index is 4750. The van der Waals surface area contributed by atoms with Gasteiger partial charge in [-0.25, -0.2) is 15.0 Å². The van der Waals surface area contributed by atoms with Gasteiger partial charge < -0.3 is 0 Å². The molecular weight excluding hydrogens is 873 g/mol. The summed E-state index contributed by atoms with van der Waals surface area (Å²) in [4.78, 5) is 21.2. The molecule has 15 aromatic rings. The van der Waals surface area contributed by atoms with Crippen molar-refractivity contribution in [3.63, 3.8) is 0 Å². The summed E-state index contributed by atoms with van der Waals surface area (Å²) < 4.78 is 0. The van der Waals surface area contributed by atoms with Gasteiger partial charge in [0.1, 0.15) is 0 Å². The Morgan fingerprint density at radius 1 is 0.222 bits per heavy atom. The molecule has 4 heteroatoms. The lowest BCUT2D eigenvalue weighted by atomic mass is 9.84. The van der Waals surface area contributed by atoms with E-state index < -0.39 is 0 Å². The third kappa shape index (κ3) is 6.33. The van der Waals surface area contributed by atoms with Crippen LogP contribution in [-0.4, -0.2) is 19.9 Å². The van der Waals surface area contributed by atoms with Gasteiger partial charge >= 0.3 is 0 Å². The Kier molecular flexibility index (Phi) is 8.92. The molecule has 0 bridgehead atoms. The van der Waals surface area contributed by atoms with Crippen LogP contribution in [0, 0.1) is 0 Å². The minimum atomic E-state index is 0.835. The Morgan fingerprint density at radius 2 is 0.708 bits per heavy atom. The summed E-state index contributed by atoms with van der Waals surface area (Å²) in [5, 5.41) is 16.0. The van der Waals surface area contributed by atoms with E-state index >= 15 is 0 Å². The average Bonchev–Trinajstić information content (AvgIpc) is 3.46. The second-order valence-corrected chi connectivity index (χ2v) is 18.9.